The molecule has 1 aromatic heterocycles. The van der Waals surface area contributed by atoms with Gasteiger partial charge >= 0.3 is 0 Å². The van der Waals surface area contributed by atoms with Crippen LogP contribution in [0.2, 0.25) is 0 Å². The minimum atomic E-state index is 0.263. The van der Waals surface area contributed by atoms with E-state index in [0.717, 1.165) is 43.2 Å². The molecule has 1 saturated heterocycles. The van der Waals surface area contributed by atoms with Crippen molar-refractivity contribution in [2.75, 3.05) is 24.6 Å². The zero-order chi connectivity index (χ0) is 13.1. The van der Waals surface area contributed by atoms with Gasteiger partial charge in [0, 0.05) is 18.8 Å². The van der Waals surface area contributed by atoms with Gasteiger partial charge in [-0.3, -0.25) is 4.98 Å². The lowest BCUT2D eigenvalue weighted by Gasteiger charge is -2.34. The molecular formula is C14H19N3O. The summed E-state index contributed by atoms with van der Waals surface area (Å²) in [6.45, 7) is 8.41. The van der Waals surface area contributed by atoms with Crippen LogP contribution in [0.4, 0.5) is 5.69 Å². The van der Waals surface area contributed by atoms with E-state index in [0.29, 0.717) is 5.56 Å². The first kappa shape index (κ1) is 12.8. The van der Waals surface area contributed by atoms with E-state index in [4.69, 9.17) is 4.74 Å². The van der Waals surface area contributed by atoms with Gasteiger partial charge in [-0.05, 0) is 26.3 Å². The molecule has 18 heavy (non-hydrogen) atoms. The van der Waals surface area contributed by atoms with Crippen LogP contribution in [0.3, 0.4) is 0 Å². The Balaban J connectivity index is 2.35. The summed E-state index contributed by atoms with van der Waals surface area (Å²) in [5.74, 6) is 0. The monoisotopic (exact) mass is 245 g/mol. The highest BCUT2D eigenvalue weighted by molar-refractivity contribution is 5.61. The fourth-order valence-electron chi connectivity index (χ4n) is 2.38. The summed E-state index contributed by atoms with van der Waals surface area (Å²) >= 11 is 0. The first-order valence-electron chi connectivity index (χ1n) is 6.40. The fraction of sp³-hybridized carbons (Fsp3) is 0.571. The van der Waals surface area contributed by atoms with Crippen LogP contribution < -0.4 is 4.90 Å². The number of rotatable bonds is 2. The molecule has 0 N–H and O–H groups in total. The normalized spacial score (nSPS) is 19.7. The van der Waals surface area contributed by atoms with Crippen LogP contribution in [0.5, 0.6) is 0 Å². The van der Waals surface area contributed by atoms with Gasteiger partial charge in [0.05, 0.1) is 29.7 Å². The van der Waals surface area contributed by atoms with Gasteiger partial charge in [0.15, 0.2) is 0 Å². The van der Waals surface area contributed by atoms with E-state index in [1.54, 1.807) is 0 Å². The van der Waals surface area contributed by atoms with Crippen molar-refractivity contribution in [3.05, 3.63) is 23.0 Å². The van der Waals surface area contributed by atoms with E-state index in [1.807, 2.05) is 19.9 Å². The molecule has 0 saturated carbocycles. The third-order valence-electron chi connectivity index (χ3n) is 3.35. The van der Waals surface area contributed by atoms with E-state index in [1.165, 1.54) is 0 Å². The topological polar surface area (TPSA) is 49.2 Å². The molecule has 1 aliphatic heterocycles. The highest BCUT2D eigenvalue weighted by Crippen LogP contribution is 2.25. The molecule has 1 aromatic rings. The lowest BCUT2D eigenvalue weighted by molar-refractivity contribution is 0.0384. The number of aromatic nitrogens is 1. The Morgan fingerprint density at radius 3 is 3.00 bits per heavy atom. The molecule has 1 unspecified atom stereocenters. The van der Waals surface area contributed by atoms with E-state index >= 15 is 0 Å². The van der Waals surface area contributed by atoms with Crippen LogP contribution in [0, 0.1) is 25.2 Å². The summed E-state index contributed by atoms with van der Waals surface area (Å²) in [5, 5.41) is 9.30. The number of aryl methyl sites for hydroxylation is 2. The molecule has 4 heteroatoms. The molecule has 0 aliphatic carbocycles. The van der Waals surface area contributed by atoms with E-state index in [9.17, 15) is 5.26 Å². The van der Waals surface area contributed by atoms with Crippen molar-refractivity contribution < 1.29 is 4.74 Å². The summed E-state index contributed by atoms with van der Waals surface area (Å²) in [6, 6.07) is 4.28. The van der Waals surface area contributed by atoms with Gasteiger partial charge in [0.2, 0.25) is 0 Å². The molecule has 1 fully saturated rings. The number of pyridine rings is 1. The van der Waals surface area contributed by atoms with Gasteiger partial charge in [0.25, 0.3) is 0 Å². The number of nitrogens with zero attached hydrogens (tertiary/aromatic N) is 3. The molecule has 0 bridgehead atoms. The second-order valence-electron chi connectivity index (χ2n) is 4.70. The van der Waals surface area contributed by atoms with Gasteiger partial charge in [-0.15, -0.1) is 0 Å². The standard InChI is InChI=1S/C14H19N3O/c1-4-12-9-17(5-6-18-12)14-7-10(2)16-11(3)13(14)8-15/h7,12H,4-6,9H2,1-3H3. The minimum absolute atomic E-state index is 0.263. The molecule has 96 valence electrons. The Labute approximate surface area is 108 Å². The van der Waals surface area contributed by atoms with Crippen molar-refractivity contribution in [2.45, 2.75) is 33.3 Å². The summed E-state index contributed by atoms with van der Waals surface area (Å²) in [4.78, 5) is 6.61. The van der Waals surface area contributed by atoms with Crippen molar-refractivity contribution in [3.8, 4) is 6.07 Å². The molecule has 0 amide bonds. The third kappa shape index (κ3) is 2.46. The zero-order valence-corrected chi connectivity index (χ0v) is 11.2. The van der Waals surface area contributed by atoms with Crippen molar-refractivity contribution in [1.82, 2.24) is 4.98 Å². The summed E-state index contributed by atoms with van der Waals surface area (Å²) < 4.78 is 5.67. The Morgan fingerprint density at radius 2 is 2.33 bits per heavy atom. The maximum Gasteiger partial charge on any atom is 0.103 e. The van der Waals surface area contributed by atoms with Crippen molar-refractivity contribution in [3.63, 3.8) is 0 Å². The van der Waals surface area contributed by atoms with Gasteiger partial charge < -0.3 is 9.64 Å². The van der Waals surface area contributed by atoms with Crippen molar-refractivity contribution in [2.24, 2.45) is 0 Å². The first-order valence-corrected chi connectivity index (χ1v) is 6.40. The number of morpholine rings is 1. The second-order valence-corrected chi connectivity index (χ2v) is 4.70. The molecular weight excluding hydrogens is 226 g/mol. The lowest BCUT2D eigenvalue weighted by atomic mass is 10.1. The van der Waals surface area contributed by atoms with E-state index < -0.39 is 0 Å². The van der Waals surface area contributed by atoms with Gasteiger partial charge in [-0.25, -0.2) is 0 Å². The molecule has 4 nitrogen and oxygen atoms in total. The SMILES string of the molecule is CCC1CN(c2cc(C)nc(C)c2C#N)CCO1. The van der Waals surface area contributed by atoms with E-state index in [2.05, 4.69) is 22.9 Å². The predicted molar refractivity (Wildman–Crippen MR) is 70.7 cm³/mol. The Morgan fingerprint density at radius 1 is 1.56 bits per heavy atom. The molecule has 0 radical (unpaired) electrons. The largest absolute Gasteiger partial charge is 0.375 e. The Hall–Kier alpha value is -1.60. The van der Waals surface area contributed by atoms with Crippen LogP contribution >= 0.6 is 0 Å². The summed E-state index contributed by atoms with van der Waals surface area (Å²) in [5.41, 5.74) is 3.47. The van der Waals surface area contributed by atoms with E-state index in [-0.39, 0.29) is 6.10 Å². The molecule has 1 atom stereocenters. The highest BCUT2D eigenvalue weighted by Gasteiger charge is 2.22. The molecule has 2 heterocycles. The summed E-state index contributed by atoms with van der Waals surface area (Å²) in [7, 11) is 0. The molecule has 2 rings (SSSR count). The van der Waals surface area contributed by atoms with Gasteiger partial charge in [-0.1, -0.05) is 6.92 Å². The maximum atomic E-state index is 9.30. The van der Waals surface area contributed by atoms with Gasteiger partial charge in [-0.2, -0.15) is 5.26 Å². The fourth-order valence-corrected chi connectivity index (χ4v) is 2.38. The third-order valence-corrected chi connectivity index (χ3v) is 3.35. The number of anilines is 1. The predicted octanol–water partition coefficient (Wildman–Crippen LogP) is 2.19. The highest BCUT2D eigenvalue weighted by atomic mass is 16.5. The number of hydrogen-bond donors (Lipinski definition) is 0. The smallest absolute Gasteiger partial charge is 0.103 e. The first-order chi connectivity index (χ1) is 8.65. The van der Waals surface area contributed by atoms with Gasteiger partial charge in [0.1, 0.15) is 6.07 Å². The van der Waals surface area contributed by atoms with Crippen LogP contribution in [0.1, 0.15) is 30.3 Å². The maximum absolute atomic E-state index is 9.30. The quantitative estimate of drug-likeness (QED) is 0.801. The number of ether oxygens (including phenoxy) is 1. The summed E-state index contributed by atoms with van der Waals surface area (Å²) in [6.07, 6.45) is 1.26. The second kappa shape index (κ2) is 5.36. The number of hydrogen-bond acceptors (Lipinski definition) is 4. The average molecular weight is 245 g/mol. The van der Waals surface area contributed by atoms with Crippen LogP contribution in [0.15, 0.2) is 6.07 Å². The Kier molecular flexibility index (Phi) is 3.83. The Bertz CT molecular complexity index is 479. The van der Waals surface area contributed by atoms with Crippen LogP contribution in [-0.2, 0) is 4.74 Å². The van der Waals surface area contributed by atoms with Crippen molar-refractivity contribution >= 4 is 5.69 Å². The van der Waals surface area contributed by atoms with Crippen LogP contribution in [0.25, 0.3) is 0 Å². The van der Waals surface area contributed by atoms with Crippen LogP contribution in [-0.4, -0.2) is 30.8 Å². The lowest BCUT2D eigenvalue weighted by Crippen LogP contribution is -2.42. The molecule has 1 aliphatic rings. The average Bonchev–Trinajstić information content (AvgIpc) is 2.38. The minimum Gasteiger partial charge on any atom is -0.375 e. The van der Waals surface area contributed by atoms with Crippen molar-refractivity contribution in [1.29, 1.82) is 5.26 Å². The number of nitriles is 1. The molecule has 0 spiro atoms. The molecule has 0 aromatic carbocycles. The zero-order valence-electron chi connectivity index (χ0n) is 11.2.